The second-order valence-corrected chi connectivity index (χ2v) is 7.75. The van der Waals surface area contributed by atoms with Crippen molar-refractivity contribution < 1.29 is 22.7 Å². The molecule has 2 aromatic rings. The van der Waals surface area contributed by atoms with Crippen molar-refractivity contribution >= 4 is 22.1 Å². The van der Waals surface area contributed by atoms with Gasteiger partial charge in [-0.05, 0) is 43.3 Å². The fourth-order valence-electron chi connectivity index (χ4n) is 2.30. The van der Waals surface area contributed by atoms with Gasteiger partial charge in [-0.3, -0.25) is 4.79 Å². The number of nitrogens with one attached hydrogen (secondary N) is 1. The van der Waals surface area contributed by atoms with Gasteiger partial charge in [0.15, 0.2) is 0 Å². The lowest BCUT2D eigenvalue weighted by Gasteiger charge is -2.16. The highest BCUT2D eigenvalue weighted by molar-refractivity contribution is 7.89. The Kier molecular flexibility index (Phi) is 7.53. The van der Waals surface area contributed by atoms with E-state index in [1.807, 2.05) is 19.1 Å². The van der Waals surface area contributed by atoms with Gasteiger partial charge in [0.05, 0.1) is 31.4 Å². The molecule has 0 aliphatic carbocycles. The maximum absolute atomic E-state index is 12.5. The first kappa shape index (κ1) is 21.4. The average molecular weight is 405 g/mol. The van der Waals surface area contributed by atoms with Crippen LogP contribution in [-0.4, -0.2) is 52.2 Å². The van der Waals surface area contributed by atoms with Crippen LogP contribution < -0.4 is 14.9 Å². The summed E-state index contributed by atoms with van der Waals surface area (Å²) in [6.07, 6.45) is 1.45. The number of methoxy groups -OCH3 is 1. The standard InChI is InChI=1S/C19H23N3O5S/c1-4-27-18-8-6-5-7-15(18)13-20-21-19(23)14-22(2)28(24,25)17-11-9-16(26-3)10-12-17/h5-13H,4,14H2,1-3H3,(H,21,23)/b20-13-. The normalized spacial score (nSPS) is 11.6. The average Bonchev–Trinajstić information content (AvgIpc) is 2.69. The van der Waals surface area contributed by atoms with E-state index < -0.39 is 15.9 Å². The number of hydrogen-bond acceptors (Lipinski definition) is 6. The first-order valence-corrected chi connectivity index (χ1v) is 9.96. The molecule has 0 saturated heterocycles. The van der Waals surface area contributed by atoms with Crippen LogP contribution in [0.2, 0.25) is 0 Å². The van der Waals surface area contributed by atoms with Crippen molar-refractivity contribution in [2.45, 2.75) is 11.8 Å². The lowest BCUT2D eigenvalue weighted by atomic mass is 10.2. The monoisotopic (exact) mass is 405 g/mol. The van der Waals surface area contributed by atoms with Gasteiger partial charge in [-0.25, -0.2) is 13.8 Å². The van der Waals surface area contributed by atoms with Crippen molar-refractivity contribution in [1.82, 2.24) is 9.73 Å². The summed E-state index contributed by atoms with van der Waals surface area (Å²) in [6, 6.07) is 13.2. The minimum absolute atomic E-state index is 0.0674. The van der Waals surface area contributed by atoms with Gasteiger partial charge in [0.25, 0.3) is 5.91 Å². The van der Waals surface area contributed by atoms with Crippen LogP contribution in [0.5, 0.6) is 11.5 Å². The Hall–Kier alpha value is -2.91. The second kappa shape index (κ2) is 9.86. The number of amides is 1. The highest BCUT2D eigenvalue weighted by atomic mass is 32.2. The molecule has 28 heavy (non-hydrogen) atoms. The summed E-state index contributed by atoms with van der Waals surface area (Å²) in [5, 5.41) is 3.87. The van der Waals surface area contributed by atoms with Crippen LogP contribution in [0.15, 0.2) is 58.5 Å². The molecule has 0 bridgehead atoms. The zero-order valence-electron chi connectivity index (χ0n) is 16.0. The van der Waals surface area contributed by atoms with Gasteiger partial charge in [0.1, 0.15) is 11.5 Å². The lowest BCUT2D eigenvalue weighted by molar-refractivity contribution is -0.121. The quantitative estimate of drug-likeness (QED) is 0.507. The van der Waals surface area contributed by atoms with E-state index in [0.717, 1.165) is 4.31 Å². The minimum atomic E-state index is -3.81. The van der Waals surface area contributed by atoms with Crippen molar-refractivity contribution in [3.8, 4) is 11.5 Å². The highest BCUT2D eigenvalue weighted by Gasteiger charge is 2.22. The number of hydrogen-bond donors (Lipinski definition) is 1. The van der Waals surface area contributed by atoms with Gasteiger partial charge in [-0.1, -0.05) is 12.1 Å². The number of carbonyl (C=O) groups is 1. The van der Waals surface area contributed by atoms with Gasteiger partial charge in [0.2, 0.25) is 10.0 Å². The molecule has 0 aliphatic heterocycles. The predicted molar refractivity (Wildman–Crippen MR) is 106 cm³/mol. The molecule has 0 saturated carbocycles. The Bertz CT molecular complexity index is 927. The Balaban J connectivity index is 1.98. The summed E-state index contributed by atoms with van der Waals surface area (Å²) in [4.78, 5) is 12.1. The molecule has 0 unspecified atom stereocenters. The molecular weight excluding hydrogens is 382 g/mol. The van der Waals surface area contributed by atoms with Gasteiger partial charge in [-0.15, -0.1) is 0 Å². The Morgan fingerprint density at radius 2 is 1.86 bits per heavy atom. The summed E-state index contributed by atoms with van der Waals surface area (Å²) in [7, 11) is -0.985. The maximum Gasteiger partial charge on any atom is 0.255 e. The van der Waals surface area contributed by atoms with Crippen LogP contribution in [0.4, 0.5) is 0 Å². The zero-order valence-corrected chi connectivity index (χ0v) is 16.8. The summed E-state index contributed by atoms with van der Waals surface area (Å²) in [5.74, 6) is 0.618. The van der Waals surface area contributed by atoms with E-state index in [1.54, 1.807) is 24.3 Å². The number of sulfonamides is 1. The molecule has 2 rings (SSSR count). The first-order valence-electron chi connectivity index (χ1n) is 8.52. The van der Waals surface area contributed by atoms with Crippen molar-refractivity contribution in [3.05, 3.63) is 54.1 Å². The number of carbonyl (C=O) groups excluding carboxylic acids is 1. The summed E-state index contributed by atoms with van der Waals surface area (Å²) in [5.41, 5.74) is 3.02. The Morgan fingerprint density at radius 3 is 2.50 bits per heavy atom. The van der Waals surface area contributed by atoms with Gasteiger partial charge in [-0.2, -0.15) is 9.41 Å². The second-order valence-electron chi connectivity index (χ2n) is 5.70. The molecule has 0 heterocycles. The molecule has 8 nitrogen and oxygen atoms in total. The fourth-order valence-corrected chi connectivity index (χ4v) is 3.43. The molecule has 9 heteroatoms. The number of hydrazone groups is 1. The van der Waals surface area contributed by atoms with Crippen LogP contribution in [0.1, 0.15) is 12.5 Å². The number of rotatable bonds is 9. The van der Waals surface area contributed by atoms with Crippen molar-refractivity contribution in [2.24, 2.45) is 5.10 Å². The van der Waals surface area contributed by atoms with Gasteiger partial charge >= 0.3 is 0 Å². The van der Waals surface area contributed by atoms with Crippen LogP contribution >= 0.6 is 0 Å². The molecule has 2 aromatic carbocycles. The van der Waals surface area contributed by atoms with E-state index in [4.69, 9.17) is 9.47 Å². The molecular formula is C19H23N3O5S. The number of likely N-dealkylation sites (N-methyl/N-ethyl adjacent to an activating group) is 1. The third-order valence-corrected chi connectivity index (χ3v) is 5.56. The summed E-state index contributed by atoms with van der Waals surface area (Å²) < 4.78 is 36.5. The van der Waals surface area contributed by atoms with Gasteiger partial charge < -0.3 is 9.47 Å². The van der Waals surface area contributed by atoms with Crippen molar-refractivity contribution in [3.63, 3.8) is 0 Å². The fraction of sp³-hybridized carbons (Fsp3) is 0.263. The van der Waals surface area contributed by atoms with Crippen LogP contribution in [0, 0.1) is 0 Å². The molecule has 1 amide bonds. The van der Waals surface area contributed by atoms with Crippen LogP contribution in [-0.2, 0) is 14.8 Å². The Labute approximate surface area is 164 Å². The van der Waals surface area contributed by atoms with E-state index in [1.165, 1.54) is 32.5 Å². The van der Waals surface area contributed by atoms with Crippen molar-refractivity contribution in [1.29, 1.82) is 0 Å². The van der Waals surface area contributed by atoms with Gasteiger partial charge in [0, 0.05) is 12.6 Å². The smallest absolute Gasteiger partial charge is 0.255 e. The molecule has 0 aliphatic rings. The van der Waals surface area contributed by atoms with Crippen molar-refractivity contribution in [2.75, 3.05) is 27.3 Å². The van der Waals surface area contributed by atoms with Crippen LogP contribution in [0.25, 0.3) is 0 Å². The van der Waals surface area contributed by atoms with E-state index >= 15 is 0 Å². The summed E-state index contributed by atoms with van der Waals surface area (Å²) in [6.45, 7) is 2.00. The molecule has 150 valence electrons. The first-order chi connectivity index (χ1) is 13.4. The minimum Gasteiger partial charge on any atom is -0.497 e. The highest BCUT2D eigenvalue weighted by Crippen LogP contribution is 2.18. The molecule has 1 N–H and O–H groups in total. The third kappa shape index (κ3) is 5.54. The molecule has 0 spiro atoms. The number of benzene rings is 2. The van der Waals surface area contributed by atoms with E-state index in [-0.39, 0.29) is 11.4 Å². The number of nitrogens with zero attached hydrogens (tertiary/aromatic N) is 2. The molecule has 0 atom stereocenters. The molecule has 0 radical (unpaired) electrons. The molecule has 0 aromatic heterocycles. The van der Waals surface area contributed by atoms with Crippen LogP contribution in [0.3, 0.4) is 0 Å². The Morgan fingerprint density at radius 1 is 1.18 bits per heavy atom. The number of para-hydroxylation sites is 1. The van der Waals surface area contributed by atoms with E-state index in [0.29, 0.717) is 23.7 Å². The molecule has 0 fully saturated rings. The number of ether oxygens (including phenoxy) is 2. The zero-order chi connectivity index (χ0) is 20.6. The third-order valence-electron chi connectivity index (χ3n) is 3.75. The largest absolute Gasteiger partial charge is 0.497 e. The SMILES string of the molecule is CCOc1ccccc1/C=N\NC(=O)CN(C)S(=O)(=O)c1ccc(OC)cc1. The topological polar surface area (TPSA) is 97.3 Å². The van der Waals surface area contributed by atoms with E-state index in [9.17, 15) is 13.2 Å². The lowest BCUT2D eigenvalue weighted by Crippen LogP contribution is -2.36. The summed E-state index contributed by atoms with van der Waals surface area (Å²) >= 11 is 0. The van der Waals surface area contributed by atoms with E-state index in [2.05, 4.69) is 10.5 Å². The maximum atomic E-state index is 12.5. The predicted octanol–water partition coefficient (Wildman–Crippen LogP) is 1.86.